The normalized spacial score (nSPS) is 28.5. The van der Waals surface area contributed by atoms with Gasteiger partial charge in [-0.3, -0.25) is 4.79 Å². The second-order valence-corrected chi connectivity index (χ2v) is 6.18. The van der Waals surface area contributed by atoms with Crippen molar-refractivity contribution in [3.8, 4) is 0 Å². The molecule has 0 saturated carbocycles. The first-order chi connectivity index (χ1) is 10.0. The number of piperidine rings is 1. The van der Waals surface area contributed by atoms with Crippen LogP contribution in [0.25, 0.3) is 0 Å². The lowest BCUT2D eigenvalue weighted by Gasteiger charge is -2.38. The van der Waals surface area contributed by atoms with E-state index in [1.807, 2.05) is 6.07 Å². The predicted octanol–water partition coefficient (Wildman–Crippen LogP) is 2.19. The summed E-state index contributed by atoms with van der Waals surface area (Å²) in [5, 5.41) is 13.0. The summed E-state index contributed by atoms with van der Waals surface area (Å²) >= 11 is 6.35. The molecule has 2 aliphatic heterocycles. The number of ether oxygens (including phenoxy) is 1. The Morgan fingerprint density at radius 1 is 1.48 bits per heavy atom. The van der Waals surface area contributed by atoms with E-state index in [0.717, 1.165) is 25.2 Å². The van der Waals surface area contributed by atoms with Crippen molar-refractivity contribution in [3.05, 3.63) is 22.7 Å². The highest BCUT2D eigenvalue weighted by atomic mass is 35.5. The smallest absolute Gasteiger partial charge is 0.257 e. The number of hydrogen-bond acceptors (Lipinski definition) is 4. The maximum Gasteiger partial charge on any atom is 0.257 e. The third-order valence-corrected chi connectivity index (χ3v) is 4.76. The van der Waals surface area contributed by atoms with Crippen LogP contribution in [0.4, 0.5) is 11.4 Å². The first-order valence-corrected chi connectivity index (χ1v) is 7.49. The van der Waals surface area contributed by atoms with E-state index in [2.05, 4.69) is 17.1 Å². The Hall–Kier alpha value is -1.30. The molecule has 5 nitrogen and oxygen atoms in total. The lowest BCUT2D eigenvalue weighted by atomic mass is 9.95. The molecule has 3 rings (SSSR count). The molecule has 1 amide bonds. The minimum Gasteiger partial charge on any atom is -0.379 e. The molecule has 2 N–H and O–H groups in total. The quantitative estimate of drug-likeness (QED) is 0.879. The molecule has 0 aromatic heterocycles. The van der Waals surface area contributed by atoms with E-state index in [0.29, 0.717) is 22.2 Å². The molecule has 21 heavy (non-hydrogen) atoms. The molecular formula is C15H19ClN2O3. The van der Waals surface area contributed by atoms with Crippen LogP contribution in [0.5, 0.6) is 0 Å². The van der Waals surface area contributed by atoms with Crippen LogP contribution in [0.3, 0.4) is 0 Å². The van der Waals surface area contributed by atoms with E-state index >= 15 is 0 Å². The van der Waals surface area contributed by atoms with E-state index in [9.17, 15) is 9.90 Å². The summed E-state index contributed by atoms with van der Waals surface area (Å²) < 4.78 is 5.53. The van der Waals surface area contributed by atoms with E-state index in [1.54, 1.807) is 13.2 Å². The van der Waals surface area contributed by atoms with Crippen LogP contribution in [-0.2, 0) is 9.53 Å². The number of methoxy groups -OCH3 is 1. The van der Waals surface area contributed by atoms with Crippen molar-refractivity contribution in [1.82, 2.24) is 0 Å². The summed E-state index contributed by atoms with van der Waals surface area (Å²) in [7, 11) is 1.73. The number of hydrogen-bond donors (Lipinski definition) is 2. The second-order valence-electron chi connectivity index (χ2n) is 5.77. The van der Waals surface area contributed by atoms with Crippen LogP contribution in [0.2, 0.25) is 5.02 Å². The van der Waals surface area contributed by atoms with E-state index < -0.39 is 12.0 Å². The van der Waals surface area contributed by atoms with Gasteiger partial charge in [-0.25, -0.2) is 0 Å². The van der Waals surface area contributed by atoms with Gasteiger partial charge in [0.1, 0.15) is 0 Å². The molecule has 1 saturated heterocycles. The molecule has 2 heterocycles. The van der Waals surface area contributed by atoms with Crippen LogP contribution < -0.4 is 10.2 Å². The molecule has 6 heteroatoms. The number of benzene rings is 1. The molecule has 0 aliphatic carbocycles. The highest BCUT2D eigenvalue weighted by molar-refractivity contribution is 6.33. The SMILES string of the molecule is COC1CN(c2cc3c(cc2Cl)C(O)C(=O)N3)CCC1C. The van der Waals surface area contributed by atoms with E-state index in [-0.39, 0.29) is 6.10 Å². The number of nitrogens with zero attached hydrogens (tertiary/aromatic N) is 1. The van der Waals surface area contributed by atoms with Gasteiger partial charge in [-0.2, -0.15) is 0 Å². The number of amides is 1. The highest BCUT2D eigenvalue weighted by Gasteiger charge is 2.32. The van der Waals surface area contributed by atoms with Gasteiger partial charge in [0.2, 0.25) is 0 Å². The van der Waals surface area contributed by atoms with Crippen molar-refractivity contribution >= 4 is 28.9 Å². The third kappa shape index (κ3) is 2.50. The topological polar surface area (TPSA) is 61.8 Å². The predicted molar refractivity (Wildman–Crippen MR) is 81.8 cm³/mol. The summed E-state index contributed by atoms with van der Waals surface area (Å²) in [6.07, 6.45) is 0.0730. The summed E-state index contributed by atoms with van der Waals surface area (Å²) in [4.78, 5) is 13.7. The van der Waals surface area contributed by atoms with Crippen LogP contribution >= 0.6 is 11.6 Å². The van der Waals surface area contributed by atoms with Crippen LogP contribution in [-0.4, -0.2) is 37.3 Å². The molecule has 0 spiro atoms. The van der Waals surface area contributed by atoms with Crippen molar-refractivity contribution in [2.75, 3.05) is 30.4 Å². The summed E-state index contributed by atoms with van der Waals surface area (Å²) in [5.41, 5.74) is 2.06. The van der Waals surface area contributed by atoms with Crippen molar-refractivity contribution in [2.45, 2.75) is 25.6 Å². The van der Waals surface area contributed by atoms with Gasteiger partial charge in [-0.05, 0) is 24.5 Å². The molecule has 1 aromatic carbocycles. The standard InChI is InChI=1S/C15H19ClN2O3/c1-8-3-4-18(7-13(8)21-2)12-6-11-9(5-10(12)16)14(19)15(20)17-11/h5-6,8,13-14,19H,3-4,7H2,1-2H3,(H,17,20). The Balaban J connectivity index is 1.90. The average molecular weight is 311 g/mol. The number of carbonyl (C=O) groups excluding carboxylic acids is 1. The Morgan fingerprint density at radius 2 is 2.24 bits per heavy atom. The van der Waals surface area contributed by atoms with Gasteiger partial charge in [0.25, 0.3) is 5.91 Å². The minimum absolute atomic E-state index is 0.170. The lowest BCUT2D eigenvalue weighted by Crippen LogP contribution is -2.44. The largest absolute Gasteiger partial charge is 0.379 e. The van der Waals surface area contributed by atoms with Crippen molar-refractivity contribution in [2.24, 2.45) is 5.92 Å². The minimum atomic E-state index is -1.13. The zero-order chi connectivity index (χ0) is 15.1. The van der Waals surface area contributed by atoms with E-state index in [1.165, 1.54) is 0 Å². The third-order valence-electron chi connectivity index (χ3n) is 4.45. The number of rotatable bonds is 2. The van der Waals surface area contributed by atoms with Crippen LogP contribution in [0, 0.1) is 5.92 Å². The summed E-state index contributed by atoms with van der Waals surface area (Å²) in [6, 6.07) is 3.52. The number of carbonyl (C=O) groups is 1. The van der Waals surface area contributed by atoms with Gasteiger partial charge < -0.3 is 20.1 Å². The molecule has 114 valence electrons. The van der Waals surface area contributed by atoms with E-state index in [4.69, 9.17) is 16.3 Å². The summed E-state index contributed by atoms with van der Waals surface area (Å²) in [5.74, 6) is 0.112. The van der Waals surface area contributed by atoms with Gasteiger partial charge in [0.15, 0.2) is 6.10 Å². The first-order valence-electron chi connectivity index (χ1n) is 7.11. The number of halogens is 1. The molecule has 1 aromatic rings. The number of nitrogens with one attached hydrogen (secondary N) is 1. The fourth-order valence-corrected chi connectivity index (χ4v) is 3.35. The Bertz CT molecular complexity index is 578. The second kappa shape index (κ2) is 5.48. The van der Waals surface area contributed by atoms with Gasteiger partial charge in [0, 0.05) is 31.5 Å². The van der Waals surface area contributed by atoms with Crippen LogP contribution in [0.15, 0.2) is 12.1 Å². The molecule has 2 aliphatic rings. The van der Waals surface area contributed by atoms with Gasteiger partial charge in [-0.1, -0.05) is 18.5 Å². The molecule has 3 unspecified atom stereocenters. The lowest BCUT2D eigenvalue weighted by molar-refractivity contribution is -0.123. The van der Waals surface area contributed by atoms with Gasteiger partial charge in [0.05, 0.1) is 16.8 Å². The molecule has 3 atom stereocenters. The number of anilines is 2. The van der Waals surface area contributed by atoms with Crippen molar-refractivity contribution in [3.63, 3.8) is 0 Å². The molecular weight excluding hydrogens is 292 g/mol. The maximum absolute atomic E-state index is 11.5. The molecule has 0 bridgehead atoms. The Labute approximate surface area is 128 Å². The molecule has 1 fully saturated rings. The Morgan fingerprint density at radius 3 is 2.95 bits per heavy atom. The maximum atomic E-state index is 11.5. The van der Waals surface area contributed by atoms with Gasteiger partial charge >= 0.3 is 0 Å². The zero-order valence-corrected chi connectivity index (χ0v) is 12.9. The Kier molecular flexibility index (Phi) is 3.82. The number of aliphatic hydroxyl groups is 1. The average Bonchev–Trinajstić information content (AvgIpc) is 2.74. The van der Waals surface area contributed by atoms with Crippen LogP contribution in [0.1, 0.15) is 25.0 Å². The fraction of sp³-hybridized carbons (Fsp3) is 0.533. The number of fused-ring (bicyclic) bond motifs is 1. The van der Waals surface area contributed by atoms with Crippen molar-refractivity contribution < 1.29 is 14.6 Å². The monoisotopic (exact) mass is 310 g/mol. The van der Waals surface area contributed by atoms with Crippen molar-refractivity contribution in [1.29, 1.82) is 0 Å². The zero-order valence-electron chi connectivity index (χ0n) is 12.1. The van der Waals surface area contributed by atoms with Gasteiger partial charge in [-0.15, -0.1) is 0 Å². The molecule has 0 radical (unpaired) electrons. The summed E-state index contributed by atoms with van der Waals surface area (Å²) in [6.45, 7) is 3.86. The first kappa shape index (κ1) is 14.6. The fourth-order valence-electron chi connectivity index (χ4n) is 3.06. The number of aliphatic hydroxyl groups excluding tert-OH is 1. The highest BCUT2D eigenvalue weighted by Crippen LogP contribution is 2.40.